The van der Waals surface area contributed by atoms with Crippen LogP contribution in [0.3, 0.4) is 0 Å². The SMILES string of the molecule is Cc1cc(CNS(=O)(=O)c2c(C)nn(C)c2C)nc(N2CCCCC2)n1. The summed E-state index contributed by atoms with van der Waals surface area (Å²) < 4.78 is 29.7. The normalized spacial score (nSPS) is 15.5. The summed E-state index contributed by atoms with van der Waals surface area (Å²) in [6.07, 6.45) is 3.51. The summed E-state index contributed by atoms with van der Waals surface area (Å²) in [6, 6.07) is 1.82. The van der Waals surface area contributed by atoms with Crippen LogP contribution in [0, 0.1) is 20.8 Å². The molecule has 26 heavy (non-hydrogen) atoms. The van der Waals surface area contributed by atoms with E-state index in [0.29, 0.717) is 23.0 Å². The average Bonchev–Trinajstić information content (AvgIpc) is 2.86. The van der Waals surface area contributed by atoms with E-state index in [9.17, 15) is 8.42 Å². The predicted octanol–water partition coefficient (Wildman–Crippen LogP) is 1.60. The quantitative estimate of drug-likeness (QED) is 0.850. The molecule has 1 aliphatic rings. The van der Waals surface area contributed by atoms with Crippen LogP contribution in [0.15, 0.2) is 11.0 Å². The fourth-order valence-electron chi connectivity index (χ4n) is 3.33. The van der Waals surface area contributed by atoms with Crippen LogP contribution in [0.5, 0.6) is 0 Å². The second-order valence-electron chi connectivity index (χ2n) is 6.80. The van der Waals surface area contributed by atoms with Crippen LogP contribution in [0.4, 0.5) is 5.95 Å². The molecule has 9 heteroatoms. The summed E-state index contributed by atoms with van der Waals surface area (Å²) in [5.41, 5.74) is 2.61. The fraction of sp³-hybridized carbons (Fsp3) is 0.588. The first-order valence-corrected chi connectivity index (χ1v) is 10.4. The van der Waals surface area contributed by atoms with E-state index in [4.69, 9.17) is 0 Å². The molecule has 3 heterocycles. The second kappa shape index (κ2) is 7.32. The lowest BCUT2D eigenvalue weighted by atomic mass is 10.1. The Balaban J connectivity index is 1.79. The number of aryl methyl sites for hydroxylation is 3. The first-order valence-electron chi connectivity index (χ1n) is 8.87. The van der Waals surface area contributed by atoms with Crippen LogP contribution in [-0.2, 0) is 23.6 Å². The summed E-state index contributed by atoms with van der Waals surface area (Å²) in [5.74, 6) is 0.688. The zero-order valence-corrected chi connectivity index (χ0v) is 16.6. The van der Waals surface area contributed by atoms with E-state index in [1.165, 1.54) is 6.42 Å². The zero-order chi connectivity index (χ0) is 18.9. The van der Waals surface area contributed by atoms with Gasteiger partial charge in [-0.15, -0.1) is 0 Å². The molecule has 8 nitrogen and oxygen atoms in total. The highest BCUT2D eigenvalue weighted by Gasteiger charge is 2.24. The van der Waals surface area contributed by atoms with Gasteiger partial charge in [0.05, 0.1) is 23.6 Å². The molecule has 0 atom stereocenters. The van der Waals surface area contributed by atoms with Crippen molar-refractivity contribution in [3.8, 4) is 0 Å². The predicted molar refractivity (Wildman–Crippen MR) is 99.5 cm³/mol. The van der Waals surface area contributed by atoms with Gasteiger partial charge in [0.25, 0.3) is 0 Å². The highest BCUT2D eigenvalue weighted by molar-refractivity contribution is 7.89. The number of hydrogen-bond donors (Lipinski definition) is 1. The molecule has 1 aliphatic heterocycles. The lowest BCUT2D eigenvalue weighted by Crippen LogP contribution is -2.32. The summed E-state index contributed by atoms with van der Waals surface area (Å²) >= 11 is 0. The van der Waals surface area contributed by atoms with Gasteiger partial charge in [-0.05, 0) is 46.1 Å². The molecule has 1 N–H and O–H groups in total. The van der Waals surface area contributed by atoms with Crippen molar-refractivity contribution in [2.75, 3.05) is 18.0 Å². The van der Waals surface area contributed by atoms with Gasteiger partial charge in [-0.25, -0.2) is 23.1 Å². The molecule has 2 aromatic heterocycles. The van der Waals surface area contributed by atoms with Gasteiger partial charge in [-0.3, -0.25) is 4.68 Å². The van der Waals surface area contributed by atoms with Crippen molar-refractivity contribution in [2.24, 2.45) is 7.05 Å². The van der Waals surface area contributed by atoms with E-state index in [1.807, 2.05) is 13.0 Å². The molecule has 0 spiro atoms. The average molecular weight is 379 g/mol. The van der Waals surface area contributed by atoms with Gasteiger partial charge in [0.2, 0.25) is 16.0 Å². The van der Waals surface area contributed by atoms with Crippen LogP contribution in [0.2, 0.25) is 0 Å². The van der Waals surface area contributed by atoms with E-state index >= 15 is 0 Å². The number of hydrogen-bond acceptors (Lipinski definition) is 6. The number of nitrogens with one attached hydrogen (secondary N) is 1. The molecule has 0 radical (unpaired) electrons. The smallest absolute Gasteiger partial charge is 0.244 e. The molecule has 0 amide bonds. The molecule has 1 saturated heterocycles. The van der Waals surface area contributed by atoms with Crippen LogP contribution >= 0.6 is 0 Å². The Bertz CT molecular complexity index is 900. The Morgan fingerprint density at radius 3 is 2.42 bits per heavy atom. The lowest BCUT2D eigenvalue weighted by molar-refractivity contribution is 0.565. The van der Waals surface area contributed by atoms with E-state index in [-0.39, 0.29) is 11.4 Å². The largest absolute Gasteiger partial charge is 0.341 e. The molecular formula is C17H26N6O2S. The van der Waals surface area contributed by atoms with E-state index in [1.54, 1.807) is 25.6 Å². The summed E-state index contributed by atoms with van der Waals surface area (Å²) in [5, 5.41) is 4.19. The third-order valence-electron chi connectivity index (χ3n) is 4.69. The maximum Gasteiger partial charge on any atom is 0.244 e. The van der Waals surface area contributed by atoms with Crippen molar-refractivity contribution < 1.29 is 8.42 Å². The van der Waals surface area contributed by atoms with Gasteiger partial charge >= 0.3 is 0 Å². The molecule has 0 saturated carbocycles. The van der Waals surface area contributed by atoms with E-state index < -0.39 is 10.0 Å². The molecule has 1 fully saturated rings. The zero-order valence-electron chi connectivity index (χ0n) is 15.8. The highest BCUT2D eigenvalue weighted by Crippen LogP contribution is 2.20. The molecule has 142 valence electrons. The number of rotatable bonds is 5. The Kier molecular flexibility index (Phi) is 5.29. The molecular weight excluding hydrogens is 352 g/mol. The van der Waals surface area contributed by atoms with Gasteiger partial charge in [0, 0.05) is 25.8 Å². The van der Waals surface area contributed by atoms with Crippen LogP contribution in [0.25, 0.3) is 0 Å². The number of nitrogens with zero attached hydrogens (tertiary/aromatic N) is 5. The summed E-state index contributed by atoms with van der Waals surface area (Å²) in [4.78, 5) is 11.5. The van der Waals surface area contributed by atoms with Gasteiger partial charge in [-0.2, -0.15) is 5.10 Å². The minimum atomic E-state index is -3.66. The third kappa shape index (κ3) is 3.88. The fourth-order valence-corrected chi connectivity index (χ4v) is 4.76. The summed E-state index contributed by atoms with van der Waals surface area (Å²) in [6.45, 7) is 7.37. The first kappa shape index (κ1) is 18.8. The van der Waals surface area contributed by atoms with Gasteiger partial charge in [0.1, 0.15) is 4.90 Å². The Hall–Kier alpha value is -2.00. The molecule has 0 aliphatic carbocycles. The third-order valence-corrected chi connectivity index (χ3v) is 6.34. The standard InChI is InChI=1S/C17H26N6O2S/c1-12-10-15(20-17(19-12)23-8-6-5-7-9-23)11-18-26(24,25)16-13(2)21-22(4)14(16)3/h10,18H,5-9,11H2,1-4H3. The molecule has 0 unspecified atom stereocenters. The molecule has 2 aromatic rings. The van der Waals surface area contributed by atoms with Crippen LogP contribution < -0.4 is 9.62 Å². The minimum absolute atomic E-state index is 0.125. The minimum Gasteiger partial charge on any atom is -0.341 e. The van der Waals surface area contributed by atoms with E-state index in [0.717, 1.165) is 31.6 Å². The number of sulfonamides is 1. The monoisotopic (exact) mass is 378 g/mol. The Labute approximate surface area is 154 Å². The van der Waals surface area contributed by atoms with Gasteiger partial charge < -0.3 is 4.90 Å². The molecule has 3 rings (SSSR count). The van der Waals surface area contributed by atoms with E-state index in [2.05, 4.69) is 24.7 Å². The highest BCUT2D eigenvalue weighted by atomic mass is 32.2. The van der Waals surface area contributed by atoms with Crippen molar-refractivity contribution in [1.82, 2.24) is 24.5 Å². The first-order chi connectivity index (χ1) is 12.3. The van der Waals surface area contributed by atoms with Crippen molar-refractivity contribution in [1.29, 1.82) is 0 Å². The Morgan fingerprint density at radius 2 is 1.81 bits per heavy atom. The molecule has 0 bridgehead atoms. The molecule has 0 aromatic carbocycles. The lowest BCUT2D eigenvalue weighted by Gasteiger charge is -2.27. The van der Waals surface area contributed by atoms with Crippen molar-refractivity contribution >= 4 is 16.0 Å². The number of aromatic nitrogens is 4. The van der Waals surface area contributed by atoms with Crippen LogP contribution in [-0.4, -0.2) is 41.3 Å². The number of anilines is 1. The van der Waals surface area contributed by atoms with Gasteiger partial charge in [0.15, 0.2) is 0 Å². The summed E-state index contributed by atoms with van der Waals surface area (Å²) in [7, 11) is -1.92. The van der Waals surface area contributed by atoms with Crippen molar-refractivity contribution in [3.63, 3.8) is 0 Å². The van der Waals surface area contributed by atoms with Crippen LogP contribution in [0.1, 0.15) is 42.0 Å². The second-order valence-corrected chi connectivity index (χ2v) is 8.50. The maximum absolute atomic E-state index is 12.7. The van der Waals surface area contributed by atoms with Crippen molar-refractivity contribution in [3.05, 3.63) is 28.8 Å². The topological polar surface area (TPSA) is 93.0 Å². The van der Waals surface area contributed by atoms with Crippen molar-refractivity contribution in [2.45, 2.75) is 51.5 Å². The number of piperidine rings is 1. The van der Waals surface area contributed by atoms with Gasteiger partial charge in [-0.1, -0.05) is 0 Å². The Morgan fingerprint density at radius 1 is 1.12 bits per heavy atom. The maximum atomic E-state index is 12.7.